The van der Waals surface area contributed by atoms with Crippen molar-refractivity contribution in [2.24, 2.45) is 5.92 Å². The predicted octanol–water partition coefficient (Wildman–Crippen LogP) is 0.0698. The molecule has 0 aliphatic rings. The fraction of sp³-hybridized carbons (Fsp3) is 0.750. The van der Waals surface area contributed by atoms with Gasteiger partial charge in [0.15, 0.2) is 0 Å². The molecule has 0 aromatic carbocycles. The topological polar surface area (TPSA) is 17.1 Å². The van der Waals surface area contributed by atoms with E-state index in [0.717, 1.165) is 0 Å². The van der Waals surface area contributed by atoms with Crippen molar-refractivity contribution < 1.29 is 4.79 Å². The van der Waals surface area contributed by atoms with Crippen LogP contribution in [0.5, 0.6) is 0 Å². The van der Waals surface area contributed by atoms with Crippen LogP contribution in [0.1, 0.15) is 13.8 Å². The Morgan fingerprint density at radius 3 is 1.83 bits per heavy atom. The van der Waals surface area contributed by atoms with Gasteiger partial charge in [-0.15, -0.1) is 0 Å². The van der Waals surface area contributed by atoms with E-state index in [0.29, 0.717) is 6.67 Å². The summed E-state index contributed by atoms with van der Waals surface area (Å²) in [5, 5.41) is 0. The van der Waals surface area contributed by atoms with E-state index < -0.39 is 0 Å². The quantitative estimate of drug-likeness (QED) is 0.495. The summed E-state index contributed by atoms with van der Waals surface area (Å²) in [6.45, 7) is 3.89. The molecule has 0 saturated heterocycles. The minimum absolute atomic E-state index is 0.260. The van der Waals surface area contributed by atoms with Crippen LogP contribution < -0.4 is 0 Å². The number of hydrogen-bond acceptors (Lipinski definition) is 1. The van der Waals surface area contributed by atoms with E-state index in [1.807, 2.05) is 13.8 Å². The Morgan fingerprint density at radius 2 is 1.83 bits per heavy atom. The SMILES string of the molecule is CC(C)[C](=O)[SrH]. The van der Waals surface area contributed by atoms with E-state index in [1.54, 1.807) is 0 Å². The summed E-state index contributed by atoms with van der Waals surface area (Å²) in [6.07, 6.45) is 0. The third-order valence-electron chi connectivity index (χ3n) is 0.813. The molecule has 0 unspecified atom stereocenters. The molecule has 6 heavy (non-hydrogen) atoms. The van der Waals surface area contributed by atoms with Crippen LogP contribution in [0.2, 0.25) is 0 Å². The summed E-state index contributed by atoms with van der Waals surface area (Å²) in [5.41, 5.74) is 0. The molecule has 0 radical (unpaired) electrons. The molecule has 0 fully saturated rings. The van der Waals surface area contributed by atoms with E-state index in [-0.39, 0.29) is 43.3 Å². The molecule has 0 atom stereocenters. The van der Waals surface area contributed by atoms with Gasteiger partial charge in [-0.3, -0.25) is 0 Å². The summed E-state index contributed by atoms with van der Waals surface area (Å²) in [4.78, 5) is 10.2. The van der Waals surface area contributed by atoms with Crippen LogP contribution in [-0.4, -0.2) is 44.0 Å². The molecule has 0 aliphatic carbocycles. The fourth-order valence-corrected chi connectivity index (χ4v) is 0. The first-order valence-electron chi connectivity index (χ1n) is 2.15. The van der Waals surface area contributed by atoms with E-state index in [2.05, 4.69) is 0 Å². The molecule has 32 valence electrons. The third kappa shape index (κ3) is 3.34. The summed E-state index contributed by atoms with van der Waals surface area (Å²) >= 11 is 0.260. The first kappa shape index (κ1) is 7.15. The van der Waals surface area contributed by atoms with Gasteiger partial charge < -0.3 is 0 Å². The summed E-state index contributed by atoms with van der Waals surface area (Å²) < 4.78 is 0.469. The molecule has 0 aliphatic heterocycles. The molecule has 0 heterocycles. The Bertz CT molecular complexity index is 58.6. The monoisotopic (exact) mass is 160 g/mol. The van der Waals surface area contributed by atoms with Crippen molar-refractivity contribution >= 4 is 44.0 Å². The van der Waals surface area contributed by atoms with Gasteiger partial charge in [0.1, 0.15) is 0 Å². The van der Waals surface area contributed by atoms with E-state index >= 15 is 0 Å². The fourth-order valence-electron chi connectivity index (χ4n) is 0. The molecule has 0 spiro atoms. The van der Waals surface area contributed by atoms with Crippen LogP contribution in [0, 0.1) is 5.92 Å². The van der Waals surface area contributed by atoms with Crippen LogP contribution >= 0.6 is 0 Å². The number of carbonyl (C=O) groups is 1. The molecule has 0 N–H and O–H groups in total. The molecule has 0 rings (SSSR count). The van der Waals surface area contributed by atoms with Crippen molar-refractivity contribution in [1.82, 2.24) is 0 Å². The third-order valence-corrected chi connectivity index (χ3v) is 3.65. The Balaban J connectivity index is 3.26. The van der Waals surface area contributed by atoms with Gasteiger partial charge in [-0.1, -0.05) is 0 Å². The zero-order valence-corrected chi connectivity index (χ0v) is 9.40. The van der Waals surface area contributed by atoms with Crippen molar-refractivity contribution in [3.63, 3.8) is 0 Å². The van der Waals surface area contributed by atoms with E-state index in [4.69, 9.17) is 0 Å². The van der Waals surface area contributed by atoms with Crippen molar-refractivity contribution in [2.45, 2.75) is 13.8 Å². The molecule has 0 aromatic heterocycles. The molecule has 0 amide bonds. The number of rotatable bonds is 1. The van der Waals surface area contributed by atoms with Gasteiger partial charge in [0, 0.05) is 0 Å². The average Bonchev–Trinajstić information content (AvgIpc) is 1.36. The first-order valence-corrected chi connectivity index (χ1v) is 4.61. The van der Waals surface area contributed by atoms with Crippen LogP contribution in [0.4, 0.5) is 0 Å². The summed E-state index contributed by atoms with van der Waals surface area (Å²) in [6, 6.07) is 0. The second-order valence-electron chi connectivity index (χ2n) is 1.77. The molecule has 0 aromatic rings. The van der Waals surface area contributed by atoms with E-state index in [1.165, 1.54) is 0 Å². The minimum atomic E-state index is 0.260. The van der Waals surface area contributed by atoms with Crippen molar-refractivity contribution in [1.29, 1.82) is 0 Å². The first-order chi connectivity index (χ1) is 2.64. The zero-order valence-electron chi connectivity index (χ0n) is 4.49. The summed E-state index contributed by atoms with van der Waals surface area (Å²) in [7, 11) is 0. The van der Waals surface area contributed by atoms with Gasteiger partial charge in [-0.25, -0.2) is 0 Å². The normalized spacial score (nSPS) is 9.00. The number of carbonyl (C=O) groups excluding carboxylic acids is 1. The molecular formula is C4H8OSr. The Kier molecular flexibility index (Phi) is 3.80. The summed E-state index contributed by atoms with van der Waals surface area (Å²) in [5.74, 6) is 0.306. The molecule has 2 heteroatoms. The number of hydrogen-bond donors (Lipinski definition) is 0. The van der Waals surface area contributed by atoms with Gasteiger partial charge in [0.2, 0.25) is 0 Å². The van der Waals surface area contributed by atoms with Gasteiger partial charge in [0.05, 0.1) is 0 Å². The Morgan fingerprint density at radius 1 is 1.67 bits per heavy atom. The predicted molar refractivity (Wildman–Crippen MR) is 27.0 cm³/mol. The molecule has 1 nitrogen and oxygen atoms in total. The maximum atomic E-state index is 10.2. The van der Waals surface area contributed by atoms with Crippen LogP contribution in [0.3, 0.4) is 0 Å². The second kappa shape index (κ2) is 3.19. The van der Waals surface area contributed by atoms with Crippen LogP contribution in [0.25, 0.3) is 0 Å². The maximum absolute atomic E-state index is 10.2. The van der Waals surface area contributed by atoms with Crippen molar-refractivity contribution in [3.8, 4) is 0 Å². The second-order valence-corrected chi connectivity index (χ2v) is 4.19. The molecule has 0 bridgehead atoms. The molecule has 0 saturated carbocycles. The van der Waals surface area contributed by atoms with Crippen molar-refractivity contribution in [3.05, 3.63) is 0 Å². The Labute approximate surface area is 67.6 Å². The van der Waals surface area contributed by atoms with Gasteiger partial charge >= 0.3 is 68.6 Å². The van der Waals surface area contributed by atoms with Gasteiger partial charge in [0.25, 0.3) is 0 Å². The van der Waals surface area contributed by atoms with E-state index in [9.17, 15) is 4.79 Å². The standard InChI is InChI=1S/C4H7O.Sr.H/c1-4(2)3-5;;/h4H,1-2H3;;. The van der Waals surface area contributed by atoms with Crippen LogP contribution in [-0.2, 0) is 4.79 Å². The zero-order chi connectivity index (χ0) is 5.15. The van der Waals surface area contributed by atoms with Crippen molar-refractivity contribution in [2.75, 3.05) is 0 Å². The van der Waals surface area contributed by atoms with Gasteiger partial charge in [-0.2, -0.15) is 0 Å². The Hall–Kier alpha value is 1.15. The van der Waals surface area contributed by atoms with Gasteiger partial charge in [-0.05, 0) is 0 Å². The van der Waals surface area contributed by atoms with Crippen LogP contribution in [0.15, 0.2) is 0 Å². The molecular weight excluding hydrogens is 152 g/mol. The average molecular weight is 160 g/mol.